The van der Waals surface area contributed by atoms with Crippen molar-refractivity contribution < 1.29 is 5.11 Å². The molecule has 0 spiro atoms. The van der Waals surface area contributed by atoms with Crippen molar-refractivity contribution in [1.82, 2.24) is 0 Å². The third-order valence-corrected chi connectivity index (χ3v) is 1.00. The van der Waals surface area contributed by atoms with E-state index in [2.05, 4.69) is 13.2 Å². The quantitative estimate of drug-likeness (QED) is 0.580. The average molecular weight is 133 g/mol. The SMILES string of the molecule is C=CCC(O)C(=C)Cl. The predicted octanol–water partition coefficient (Wildman–Crippen LogP) is 1.68. The van der Waals surface area contributed by atoms with Crippen LogP contribution in [0.1, 0.15) is 6.42 Å². The molecule has 46 valence electrons. The van der Waals surface area contributed by atoms with Crippen molar-refractivity contribution >= 4 is 11.6 Å². The maximum atomic E-state index is 8.82. The van der Waals surface area contributed by atoms with E-state index in [9.17, 15) is 0 Å². The number of aliphatic hydroxyl groups is 1. The van der Waals surface area contributed by atoms with Crippen LogP contribution in [0.4, 0.5) is 0 Å². The number of aliphatic hydroxyl groups excluding tert-OH is 1. The van der Waals surface area contributed by atoms with Crippen molar-refractivity contribution in [2.75, 3.05) is 0 Å². The molecule has 0 heterocycles. The minimum absolute atomic E-state index is 0.268. The first-order valence-electron chi connectivity index (χ1n) is 2.31. The van der Waals surface area contributed by atoms with Crippen molar-refractivity contribution in [3.05, 3.63) is 24.3 Å². The van der Waals surface area contributed by atoms with Crippen LogP contribution in [0.5, 0.6) is 0 Å². The fourth-order valence-corrected chi connectivity index (χ4v) is 0.375. The standard InChI is InChI=1S/C6H9ClO/c1-3-4-6(8)5(2)7/h3,6,8H,1-2,4H2. The van der Waals surface area contributed by atoms with Crippen LogP contribution < -0.4 is 0 Å². The fourth-order valence-electron chi connectivity index (χ4n) is 0.286. The molecule has 1 nitrogen and oxygen atoms in total. The third kappa shape index (κ3) is 2.83. The van der Waals surface area contributed by atoms with Crippen LogP contribution in [0.25, 0.3) is 0 Å². The molecule has 0 aliphatic heterocycles. The molecule has 0 saturated carbocycles. The summed E-state index contributed by atoms with van der Waals surface area (Å²) in [5.74, 6) is 0. The van der Waals surface area contributed by atoms with Crippen LogP contribution in [-0.4, -0.2) is 11.2 Å². The smallest absolute Gasteiger partial charge is 0.0923 e. The molecule has 0 aliphatic rings. The zero-order valence-corrected chi connectivity index (χ0v) is 5.36. The summed E-state index contributed by atoms with van der Waals surface area (Å²) in [6, 6.07) is 0. The second kappa shape index (κ2) is 3.70. The first kappa shape index (κ1) is 7.73. The summed E-state index contributed by atoms with van der Waals surface area (Å²) in [4.78, 5) is 0. The minimum atomic E-state index is -0.630. The van der Waals surface area contributed by atoms with E-state index in [1.54, 1.807) is 6.08 Å². The maximum absolute atomic E-state index is 8.82. The van der Waals surface area contributed by atoms with Gasteiger partial charge in [-0.3, -0.25) is 0 Å². The number of hydrogen-bond donors (Lipinski definition) is 1. The molecule has 8 heavy (non-hydrogen) atoms. The highest BCUT2D eigenvalue weighted by atomic mass is 35.5. The first-order chi connectivity index (χ1) is 3.68. The Bertz CT molecular complexity index is 98.7. The molecule has 0 aliphatic carbocycles. The fraction of sp³-hybridized carbons (Fsp3) is 0.333. The number of rotatable bonds is 3. The monoisotopic (exact) mass is 132 g/mol. The highest BCUT2D eigenvalue weighted by Crippen LogP contribution is 2.07. The predicted molar refractivity (Wildman–Crippen MR) is 35.8 cm³/mol. The van der Waals surface area contributed by atoms with Gasteiger partial charge in [-0.15, -0.1) is 6.58 Å². The third-order valence-electron chi connectivity index (χ3n) is 0.751. The molecule has 0 aromatic rings. The summed E-state index contributed by atoms with van der Waals surface area (Å²) in [7, 11) is 0. The van der Waals surface area contributed by atoms with Crippen molar-refractivity contribution in [2.45, 2.75) is 12.5 Å². The van der Waals surface area contributed by atoms with E-state index >= 15 is 0 Å². The van der Waals surface area contributed by atoms with E-state index in [1.165, 1.54) is 0 Å². The van der Waals surface area contributed by atoms with Gasteiger partial charge in [0, 0.05) is 5.03 Å². The Morgan fingerprint density at radius 3 is 2.50 bits per heavy atom. The molecule has 0 saturated heterocycles. The Balaban J connectivity index is 3.46. The van der Waals surface area contributed by atoms with Crippen LogP contribution in [0.2, 0.25) is 0 Å². The van der Waals surface area contributed by atoms with Crippen LogP contribution in [0, 0.1) is 0 Å². The largest absolute Gasteiger partial charge is 0.387 e. The van der Waals surface area contributed by atoms with Gasteiger partial charge >= 0.3 is 0 Å². The van der Waals surface area contributed by atoms with Gasteiger partial charge in [-0.05, 0) is 6.42 Å². The first-order valence-corrected chi connectivity index (χ1v) is 2.69. The molecule has 0 bridgehead atoms. The maximum Gasteiger partial charge on any atom is 0.0923 e. The molecule has 0 fully saturated rings. The van der Waals surface area contributed by atoms with E-state index in [4.69, 9.17) is 16.7 Å². The zero-order valence-electron chi connectivity index (χ0n) is 4.60. The van der Waals surface area contributed by atoms with E-state index in [-0.39, 0.29) is 5.03 Å². The second-order valence-corrected chi connectivity index (χ2v) is 1.97. The van der Waals surface area contributed by atoms with Crippen LogP contribution in [-0.2, 0) is 0 Å². The molecular weight excluding hydrogens is 124 g/mol. The summed E-state index contributed by atoms with van der Waals surface area (Å²) >= 11 is 5.31. The summed E-state index contributed by atoms with van der Waals surface area (Å²) in [6.07, 6.45) is 1.44. The highest BCUT2D eigenvalue weighted by molar-refractivity contribution is 6.29. The van der Waals surface area contributed by atoms with Crippen molar-refractivity contribution in [3.63, 3.8) is 0 Å². The van der Waals surface area contributed by atoms with E-state index in [0.29, 0.717) is 6.42 Å². The van der Waals surface area contributed by atoms with Gasteiger partial charge < -0.3 is 5.11 Å². The van der Waals surface area contributed by atoms with Gasteiger partial charge in [0.05, 0.1) is 6.10 Å². The van der Waals surface area contributed by atoms with Gasteiger partial charge in [-0.1, -0.05) is 24.3 Å². The lowest BCUT2D eigenvalue weighted by Gasteiger charge is -2.01. The normalized spacial score (nSPS) is 12.8. The molecular formula is C6H9ClO. The molecule has 0 aromatic heterocycles. The van der Waals surface area contributed by atoms with Gasteiger partial charge in [0.15, 0.2) is 0 Å². The molecule has 0 radical (unpaired) electrons. The van der Waals surface area contributed by atoms with Crippen LogP contribution in [0.15, 0.2) is 24.3 Å². The summed E-state index contributed by atoms with van der Waals surface area (Å²) in [5, 5.41) is 9.09. The molecule has 1 unspecified atom stereocenters. The summed E-state index contributed by atoms with van der Waals surface area (Å²) in [6.45, 7) is 6.76. The Hall–Kier alpha value is -0.270. The molecule has 2 heteroatoms. The minimum Gasteiger partial charge on any atom is -0.387 e. The van der Waals surface area contributed by atoms with Gasteiger partial charge in [-0.2, -0.15) is 0 Å². The van der Waals surface area contributed by atoms with Crippen LogP contribution in [0.3, 0.4) is 0 Å². The molecule has 0 amide bonds. The molecule has 1 atom stereocenters. The van der Waals surface area contributed by atoms with Gasteiger partial charge in [0.2, 0.25) is 0 Å². The zero-order chi connectivity index (χ0) is 6.57. The lowest BCUT2D eigenvalue weighted by atomic mass is 10.2. The van der Waals surface area contributed by atoms with Crippen molar-refractivity contribution in [2.24, 2.45) is 0 Å². The number of halogens is 1. The second-order valence-electron chi connectivity index (χ2n) is 1.49. The Labute approximate surface area is 54.3 Å². The van der Waals surface area contributed by atoms with Crippen LogP contribution >= 0.6 is 11.6 Å². The number of hydrogen-bond acceptors (Lipinski definition) is 1. The highest BCUT2D eigenvalue weighted by Gasteiger charge is 2.00. The lowest BCUT2D eigenvalue weighted by Crippen LogP contribution is -2.02. The van der Waals surface area contributed by atoms with E-state index < -0.39 is 6.10 Å². The average Bonchev–Trinajstić information content (AvgIpc) is 1.67. The molecule has 0 aromatic carbocycles. The lowest BCUT2D eigenvalue weighted by molar-refractivity contribution is 0.223. The summed E-state index contributed by atoms with van der Waals surface area (Å²) in [5.41, 5.74) is 0. The van der Waals surface area contributed by atoms with Crippen molar-refractivity contribution in [1.29, 1.82) is 0 Å². The Kier molecular flexibility index (Phi) is 3.57. The van der Waals surface area contributed by atoms with Gasteiger partial charge in [-0.25, -0.2) is 0 Å². The van der Waals surface area contributed by atoms with E-state index in [0.717, 1.165) is 0 Å². The Morgan fingerprint density at radius 2 is 2.38 bits per heavy atom. The molecule has 1 N–H and O–H groups in total. The summed E-state index contributed by atoms with van der Waals surface area (Å²) < 4.78 is 0. The topological polar surface area (TPSA) is 20.2 Å². The van der Waals surface area contributed by atoms with Crippen molar-refractivity contribution in [3.8, 4) is 0 Å². The van der Waals surface area contributed by atoms with E-state index in [1.807, 2.05) is 0 Å². The molecule has 0 rings (SSSR count). The Morgan fingerprint density at radius 1 is 1.88 bits per heavy atom. The van der Waals surface area contributed by atoms with Gasteiger partial charge in [0.25, 0.3) is 0 Å². The van der Waals surface area contributed by atoms with Gasteiger partial charge in [0.1, 0.15) is 0 Å².